The fraction of sp³-hybridized carbons (Fsp3) is 0.633. The summed E-state index contributed by atoms with van der Waals surface area (Å²) in [5.74, 6) is 3.15. The maximum absolute atomic E-state index is 12.5. The number of nitrogens with two attached hydrogens (primary N) is 1. The Morgan fingerprint density at radius 3 is 2.59 bits per heavy atom. The van der Waals surface area contributed by atoms with Gasteiger partial charge in [-0.05, 0) is 84.3 Å². The minimum Gasteiger partial charge on any atom is -0.462 e. The van der Waals surface area contributed by atoms with Crippen molar-refractivity contribution in [2.24, 2.45) is 34.3 Å². The summed E-state index contributed by atoms with van der Waals surface area (Å²) >= 11 is 0. The van der Waals surface area contributed by atoms with Gasteiger partial charge in [-0.15, -0.1) is 0 Å². The first-order valence-corrected chi connectivity index (χ1v) is 16.3. The molecule has 0 bridgehead atoms. The number of fused-ring (bicyclic) bond motifs is 5. The molecule has 0 aliphatic heterocycles. The van der Waals surface area contributed by atoms with E-state index < -0.39 is 0 Å². The van der Waals surface area contributed by atoms with Crippen molar-refractivity contribution in [3.63, 3.8) is 0 Å². The Morgan fingerprint density at radius 1 is 1.05 bits per heavy atom. The SMILES string of the molecule is CC12CC[C@H]3C(CC=C4CC(OC(=O)CCSSCCC(N)=O)CCC43C)C1CC=C2c1cccnc1. The molecule has 0 radical (unpaired) electrons. The summed E-state index contributed by atoms with van der Waals surface area (Å²) in [7, 11) is 3.20. The van der Waals surface area contributed by atoms with Crippen molar-refractivity contribution in [1.82, 2.24) is 4.98 Å². The Hall–Kier alpha value is -1.73. The molecule has 200 valence electrons. The van der Waals surface area contributed by atoms with Crippen molar-refractivity contribution in [1.29, 1.82) is 0 Å². The van der Waals surface area contributed by atoms with Crippen LogP contribution in [0.1, 0.15) is 77.2 Å². The first kappa shape index (κ1) is 26.9. The summed E-state index contributed by atoms with van der Waals surface area (Å²) in [6.45, 7) is 5.01. The third-order valence-corrected chi connectivity index (χ3v) is 12.2. The zero-order valence-corrected chi connectivity index (χ0v) is 23.8. The second-order valence-electron chi connectivity index (χ2n) is 11.8. The number of esters is 1. The lowest BCUT2D eigenvalue weighted by molar-refractivity contribution is -0.150. The van der Waals surface area contributed by atoms with E-state index in [0.717, 1.165) is 37.5 Å². The maximum atomic E-state index is 12.5. The van der Waals surface area contributed by atoms with Gasteiger partial charge >= 0.3 is 5.97 Å². The molecule has 1 amide bonds. The smallest absolute Gasteiger partial charge is 0.306 e. The molecule has 0 spiro atoms. The van der Waals surface area contributed by atoms with E-state index in [-0.39, 0.29) is 28.8 Å². The summed E-state index contributed by atoms with van der Waals surface area (Å²) in [4.78, 5) is 27.7. The number of rotatable bonds is 9. The van der Waals surface area contributed by atoms with Crippen molar-refractivity contribution in [2.75, 3.05) is 11.5 Å². The van der Waals surface area contributed by atoms with Gasteiger partial charge in [-0.1, -0.05) is 59.2 Å². The highest BCUT2D eigenvalue weighted by molar-refractivity contribution is 8.76. The predicted octanol–water partition coefficient (Wildman–Crippen LogP) is 6.60. The number of hydrogen-bond acceptors (Lipinski definition) is 6. The Kier molecular flexibility index (Phi) is 8.11. The topological polar surface area (TPSA) is 82.3 Å². The van der Waals surface area contributed by atoms with Crippen LogP contribution in [0.15, 0.2) is 42.3 Å². The van der Waals surface area contributed by atoms with Crippen LogP contribution in [0.4, 0.5) is 0 Å². The summed E-state index contributed by atoms with van der Waals surface area (Å²) < 4.78 is 5.92. The van der Waals surface area contributed by atoms with Crippen LogP contribution in [0.25, 0.3) is 5.57 Å². The van der Waals surface area contributed by atoms with Crippen molar-refractivity contribution < 1.29 is 14.3 Å². The third kappa shape index (κ3) is 5.40. The van der Waals surface area contributed by atoms with Crippen LogP contribution < -0.4 is 5.73 Å². The van der Waals surface area contributed by atoms with Crippen LogP contribution >= 0.6 is 21.6 Å². The second-order valence-corrected chi connectivity index (χ2v) is 14.5. The van der Waals surface area contributed by atoms with Gasteiger partial charge in [0.25, 0.3) is 0 Å². The lowest BCUT2D eigenvalue weighted by Gasteiger charge is -2.57. The molecule has 1 aromatic heterocycles. The molecule has 5 rings (SSSR count). The molecule has 4 aliphatic rings. The van der Waals surface area contributed by atoms with Gasteiger partial charge in [-0.3, -0.25) is 14.6 Å². The zero-order chi connectivity index (χ0) is 26.0. The van der Waals surface area contributed by atoms with Gasteiger partial charge in [0.2, 0.25) is 5.91 Å². The van der Waals surface area contributed by atoms with Gasteiger partial charge in [-0.25, -0.2) is 0 Å². The minimum absolute atomic E-state index is 0.00933. The monoisotopic (exact) mass is 540 g/mol. The van der Waals surface area contributed by atoms with E-state index in [1.165, 1.54) is 36.0 Å². The number of carbonyl (C=O) groups excluding carboxylic acids is 2. The standard InChI is InChI=1S/C30H40N2O3S2/c1-29-13-9-22(35-28(34)12-17-37-36-16-11-27(31)33)18-21(29)5-6-23-25-8-7-24(20-4-3-15-32-19-20)30(25,2)14-10-26(23)29/h3-5,7,15,19,22-23,25-26H,6,8-14,16-18H2,1-2H3,(H2,31,33)/t22?,23?,25?,26-,29?,30?/m0/s1. The van der Waals surface area contributed by atoms with Crippen molar-refractivity contribution in [3.05, 3.63) is 47.8 Å². The molecule has 5 unspecified atom stereocenters. The molecular weight excluding hydrogens is 500 g/mol. The van der Waals surface area contributed by atoms with E-state index in [0.29, 0.717) is 30.3 Å². The molecule has 37 heavy (non-hydrogen) atoms. The molecule has 2 N–H and O–H groups in total. The largest absolute Gasteiger partial charge is 0.462 e. The molecule has 1 aromatic rings. The molecule has 5 nitrogen and oxygen atoms in total. The van der Waals surface area contributed by atoms with Gasteiger partial charge in [0, 0.05) is 36.7 Å². The number of aromatic nitrogens is 1. The van der Waals surface area contributed by atoms with Crippen molar-refractivity contribution in [2.45, 2.75) is 77.7 Å². The molecule has 0 aromatic carbocycles. The Labute approximate surface area is 229 Å². The van der Waals surface area contributed by atoms with E-state index in [9.17, 15) is 9.59 Å². The van der Waals surface area contributed by atoms with Crippen LogP contribution in [0.5, 0.6) is 0 Å². The minimum atomic E-state index is -0.281. The molecule has 7 heteroatoms. The third-order valence-electron chi connectivity index (χ3n) is 9.81. The van der Waals surface area contributed by atoms with E-state index in [2.05, 4.69) is 43.1 Å². The van der Waals surface area contributed by atoms with Crippen LogP contribution in [0.3, 0.4) is 0 Å². The normalized spacial score (nSPS) is 34.4. The van der Waals surface area contributed by atoms with Gasteiger partial charge in [0.1, 0.15) is 6.10 Å². The van der Waals surface area contributed by atoms with E-state index in [1.54, 1.807) is 21.6 Å². The van der Waals surface area contributed by atoms with Crippen LogP contribution in [-0.2, 0) is 14.3 Å². The highest BCUT2D eigenvalue weighted by Gasteiger charge is 2.57. The number of amides is 1. The first-order chi connectivity index (χ1) is 17.8. The molecule has 4 aliphatic carbocycles. The van der Waals surface area contributed by atoms with Crippen molar-refractivity contribution >= 4 is 39.0 Å². The maximum Gasteiger partial charge on any atom is 0.306 e. The number of allylic oxidation sites excluding steroid dienone is 3. The predicted molar refractivity (Wildman–Crippen MR) is 153 cm³/mol. The quantitative estimate of drug-likeness (QED) is 0.165. The van der Waals surface area contributed by atoms with E-state index in [1.807, 2.05) is 12.4 Å². The number of hydrogen-bond donors (Lipinski definition) is 1. The molecule has 2 fully saturated rings. The number of pyridine rings is 1. The average Bonchev–Trinajstić information content (AvgIpc) is 3.24. The molecular formula is C30H40N2O3S2. The van der Waals surface area contributed by atoms with Gasteiger partial charge in [0.15, 0.2) is 0 Å². The summed E-state index contributed by atoms with van der Waals surface area (Å²) in [6, 6.07) is 4.29. The highest BCUT2D eigenvalue weighted by Crippen LogP contribution is 2.66. The molecule has 6 atom stereocenters. The first-order valence-electron chi connectivity index (χ1n) is 13.8. The Bertz CT molecular complexity index is 1070. The summed E-state index contributed by atoms with van der Waals surface area (Å²) in [5.41, 5.74) is 10.00. The molecule has 1 heterocycles. The Balaban J connectivity index is 1.17. The fourth-order valence-electron chi connectivity index (χ4n) is 7.90. The van der Waals surface area contributed by atoms with E-state index in [4.69, 9.17) is 10.5 Å². The zero-order valence-electron chi connectivity index (χ0n) is 22.1. The summed E-state index contributed by atoms with van der Waals surface area (Å²) in [5, 5.41) is 0. The highest BCUT2D eigenvalue weighted by atomic mass is 33.1. The molecule has 2 saturated carbocycles. The summed E-state index contributed by atoms with van der Waals surface area (Å²) in [6.07, 6.45) is 17.6. The van der Waals surface area contributed by atoms with Crippen LogP contribution in [0.2, 0.25) is 0 Å². The number of primary amides is 1. The average molecular weight is 541 g/mol. The lowest BCUT2D eigenvalue weighted by atomic mass is 9.47. The van der Waals surface area contributed by atoms with Gasteiger partial charge in [0.05, 0.1) is 6.42 Å². The van der Waals surface area contributed by atoms with Crippen molar-refractivity contribution in [3.8, 4) is 0 Å². The second kappa shape index (κ2) is 11.2. The number of carbonyl (C=O) groups is 2. The van der Waals surface area contributed by atoms with Gasteiger partial charge in [-0.2, -0.15) is 0 Å². The van der Waals surface area contributed by atoms with Crippen LogP contribution in [-0.4, -0.2) is 34.5 Å². The van der Waals surface area contributed by atoms with Gasteiger partial charge < -0.3 is 10.5 Å². The Morgan fingerprint density at radius 2 is 1.84 bits per heavy atom. The molecule has 0 saturated heterocycles. The lowest BCUT2D eigenvalue weighted by Crippen LogP contribution is -2.50. The fourth-order valence-corrected chi connectivity index (χ4v) is 9.87. The number of ether oxygens (including phenoxy) is 1. The number of nitrogens with zero attached hydrogens (tertiary/aromatic N) is 1. The van der Waals surface area contributed by atoms with Crippen LogP contribution in [0, 0.1) is 28.6 Å². The van der Waals surface area contributed by atoms with E-state index >= 15 is 0 Å².